The highest BCUT2D eigenvalue weighted by molar-refractivity contribution is 7.91. The molecule has 0 saturated carbocycles. The second-order valence-corrected chi connectivity index (χ2v) is 10.9. The Morgan fingerprint density at radius 2 is 1.75 bits per heavy atom. The fourth-order valence-electron chi connectivity index (χ4n) is 4.21. The average Bonchev–Trinajstić information content (AvgIpc) is 2.87. The van der Waals surface area contributed by atoms with Gasteiger partial charge in [-0.2, -0.15) is 4.98 Å². The quantitative estimate of drug-likeness (QED) is 0.258. The number of pyridine rings is 1. The average molecular weight is 527 g/mol. The predicted molar refractivity (Wildman–Crippen MR) is 139 cm³/mol. The van der Waals surface area contributed by atoms with Gasteiger partial charge in [0, 0.05) is 18.5 Å². The molecule has 0 atom stereocenters. The second kappa shape index (κ2) is 9.95. The number of hydrogen-bond donors (Lipinski definition) is 0. The van der Waals surface area contributed by atoms with Gasteiger partial charge in [-0.1, -0.05) is 61.3 Å². The van der Waals surface area contributed by atoms with Gasteiger partial charge in [-0.25, -0.2) is 12.8 Å². The minimum atomic E-state index is -3.74. The van der Waals surface area contributed by atoms with E-state index in [2.05, 4.69) is 11.9 Å². The SMILES string of the molecule is CCCCN1CCS(=O)(=O)c2c(Cl)c(Oc3cccc4ccccc34)nc(Oc3ccc(F)cc3)c21. The van der Waals surface area contributed by atoms with Crippen LogP contribution in [0.25, 0.3) is 10.8 Å². The summed E-state index contributed by atoms with van der Waals surface area (Å²) in [5.41, 5.74) is 0.300. The molecule has 0 fully saturated rings. The smallest absolute Gasteiger partial charge is 0.247 e. The van der Waals surface area contributed by atoms with Crippen molar-refractivity contribution in [2.24, 2.45) is 0 Å². The van der Waals surface area contributed by atoms with Gasteiger partial charge in [0.05, 0.1) is 5.75 Å². The zero-order valence-corrected chi connectivity index (χ0v) is 21.2. The number of anilines is 1. The Labute approximate surface area is 214 Å². The summed E-state index contributed by atoms with van der Waals surface area (Å²) in [6, 6.07) is 18.6. The van der Waals surface area contributed by atoms with Crippen LogP contribution in [-0.2, 0) is 9.84 Å². The highest BCUT2D eigenvalue weighted by atomic mass is 35.5. The van der Waals surface area contributed by atoms with Crippen molar-refractivity contribution in [1.82, 2.24) is 4.98 Å². The van der Waals surface area contributed by atoms with Gasteiger partial charge in [0.2, 0.25) is 11.8 Å². The molecule has 2 heterocycles. The van der Waals surface area contributed by atoms with Gasteiger partial charge in [0.15, 0.2) is 9.84 Å². The van der Waals surface area contributed by atoms with Crippen molar-refractivity contribution in [3.05, 3.63) is 77.6 Å². The molecule has 0 bridgehead atoms. The van der Waals surface area contributed by atoms with Gasteiger partial charge in [-0.15, -0.1) is 0 Å². The lowest BCUT2D eigenvalue weighted by Crippen LogP contribution is -2.36. The van der Waals surface area contributed by atoms with E-state index in [-0.39, 0.29) is 34.0 Å². The van der Waals surface area contributed by atoms with E-state index in [1.807, 2.05) is 41.3 Å². The predicted octanol–water partition coefficient (Wildman–Crippen LogP) is 7.01. The standard InChI is InChI=1S/C27H24ClFN2O4S/c1-2-3-15-31-16-17-36(32,33)25-23(28)26(35-22-10-6-8-18-7-4-5-9-21(18)22)30-27(24(25)31)34-20-13-11-19(29)12-14-20/h4-14H,2-3,15-17H2,1H3. The van der Waals surface area contributed by atoms with Gasteiger partial charge in [0.1, 0.15) is 32.9 Å². The van der Waals surface area contributed by atoms with Gasteiger partial charge in [-0.3, -0.25) is 0 Å². The van der Waals surface area contributed by atoms with E-state index in [4.69, 9.17) is 21.1 Å². The molecule has 1 aliphatic heterocycles. The van der Waals surface area contributed by atoms with E-state index in [1.54, 1.807) is 6.07 Å². The van der Waals surface area contributed by atoms with Crippen LogP contribution in [0.15, 0.2) is 71.6 Å². The Morgan fingerprint density at radius 1 is 1.00 bits per heavy atom. The lowest BCUT2D eigenvalue weighted by Gasteiger charge is -2.32. The molecule has 1 aromatic heterocycles. The molecule has 0 aliphatic carbocycles. The normalized spacial score (nSPS) is 14.5. The van der Waals surface area contributed by atoms with Gasteiger partial charge < -0.3 is 14.4 Å². The first-order valence-corrected chi connectivity index (χ1v) is 13.7. The minimum Gasteiger partial charge on any atom is -0.437 e. The highest BCUT2D eigenvalue weighted by Crippen LogP contribution is 2.48. The summed E-state index contributed by atoms with van der Waals surface area (Å²) in [5.74, 6) is 0.243. The van der Waals surface area contributed by atoms with Crippen LogP contribution in [0, 0.1) is 5.82 Å². The van der Waals surface area contributed by atoms with Crippen LogP contribution >= 0.6 is 11.6 Å². The number of hydrogen-bond acceptors (Lipinski definition) is 6. The summed E-state index contributed by atoms with van der Waals surface area (Å²) in [6.07, 6.45) is 1.78. The summed E-state index contributed by atoms with van der Waals surface area (Å²) >= 11 is 6.71. The topological polar surface area (TPSA) is 68.7 Å². The van der Waals surface area contributed by atoms with Crippen LogP contribution in [0.5, 0.6) is 23.3 Å². The van der Waals surface area contributed by atoms with Crippen LogP contribution in [-0.4, -0.2) is 32.2 Å². The molecule has 0 spiro atoms. The monoisotopic (exact) mass is 526 g/mol. The van der Waals surface area contributed by atoms with E-state index in [9.17, 15) is 12.8 Å². The Hall–Kier alpha value is -3.36. The summed E-state index contributed by atoms with van der Waals surface area (Å²) in [4.78, 5) is 6.42. The third kappa shape index (κ3) is 4.70. The lowest BCUT2D eigenvalue weighted by molar-refractivity contribution is 0.423. The van der Waals surface area contributed by atoms with Crippen LogP contribution < -0.4 is 14.4 Å². The fourth-order valence-corrected chi connectivity index (χ4v) is 6.27. The number of unbranched alkanes of at least 4 members (excludes halogenated alkanes) is 1. The number of halogens is 2. The van der Waals surface area contributed by atoms with E-state index in [0.29, 0.717) is 23.7 Å². The van der Waals surface area contributed by atoms with Crippen LogP contribution in [0.2, 0.25) is 5.02 Å². The third-order valence-corrected chi connectivity index (χ3v) is 8.23. The molecule has 186 valence electrons. The number of fused-ring (bicyclic) bond motifs is 2. The van der Waals surface area contributed by atoms with Crippen LogP contribution in [0.3, 0.4) is 0 Å². The molecule has 0 N–H and O–H groups in total. The zero-order valence-electron chi connectivity index (χ0n) is 19.6. The molecule has 1 aliphatic rings. The minimum absolute atomic E-state index is 0.0376. The first-order chi connectivity index (χ1) is 17.4. The maximum absolute atomic E-state index is 13.5. The molecule has 9 heteroatoms. The molecule has 4 aromatic rings. The first-order valence-electron chi connectivity index (χ1n) is 11.7. The van der Waals surface area contributed by atoms with Crippen molar-refractivity contribution < 1.29 is 22.3 Å². The van der Waals surface area contributed by atoms with Crippen molar-refractivity contribution in [2.45, 2.75) is 24.7 Å². The lowest BCUT2D eigenvalue weighted by atomic mass is 10.1. The Kier molecular flexibility index (Phi) is 6.73. The number of sulfone groups is 1. The van der Waals surface area contributed by atoms with E-state index < -0.39 is 15.7 Å². The van der Waals surface area contributed by atoms with Gasteiger partial charge in [0.25, 0.3) is 0 Å². The summed E-state index contributed by atoms with van der Waals surface area (Å²) in [7, 11) is -3.74. The Balaban J connectivity index is 1.69. The molecule has 0 amide bonds. The maximum atomic E-state index is 13.5. The molecule has 3 aromatic carbocycles. The molecular weight excluding hydrogens is 503 g/mol. The summed E-state index contributed by atoms with van der Waals surface area (Å²) in [5, 5.41) is 1.68. The third-order valence-electron chi connectivity index (χ3n) is 6.03. The molecular formula is C27H24ClFN2O4S. The summed E-state index contributed by atoms with van der Waals surface area (Å²) in [6.45, 7) is 2.96. The molecule has 0 unspecified atom stereocenters. The molecule has 0 radical (unpaired) electrons. The highest BCUT2D eigenvalue weighted by Gasteiger charge is 2.37. The van der Waals surface area contributed by atoms with Crippen LogP contribution in [0.1, 0.15) is 19.8 Å². The molecule has 5 rings (SSSR count). The fraction of sp³-hybridized carbons (Fsp3) is 0.222. The van der Waals surface area contributed by atoms with Crippen LogP contribution in [0.4, 0.5) is 10.1 Å². The van der Waals surface area contributed by atoms with Crippen molar-refractivity contribution in [3.8, 4) is 23.3 Å². The molecule has 0 saturated heterocycles. The van der Waals surface area contributed by atoms with Gasteiger partial charge >= 0.3 is 0 Å². The Morgan fingerprint density at radius 3 is 2.53 bits per heavy atom. The maximum Gasteiger partial charge on any atom is 0.247 e. The largest absolute Gasteiger partial charge is 0.437 e. The van der Waals surface area contributed by atoms with Crippen molar-refractivity contribution in [2.75, 3.05) is 23.7 Å². The number of aromatic nitrogens is 1. The van der Waals surface area contributed by atoms with Crippen molar-refractivity contribution in [1.29, 1.82) is 0 Å². The van der Waals surface area contributed by atoms with E-state index in [1.165, 1.54) is 24.3 Å². The van der Waals surface area contributed by atoms with Gasteiger partial charge in [-0.05, 0) is 42.1 Å². The molecule has 6 nitrogen and oxygen atoms in total. The number of ether oxygens (including phenoxy) is 2. The second-order valence-electron chi connectivity index (χ2n) is 8.51. The van der Waals surface area contributed by atoms with Crippen molar-refractivity contribution in [3.63, 3.8) is 0 Å². The van der Waals surface area contributed by atoms with E-state index >= 15 is 0 Å². The number of rotatable bonds is 7. The first kappa shape index (κ1) is 24.3. The number of benzene rings is 3. The zero-order chi connectivity index (χ0) is 25.3. The van der Waals surface area contributed by atoms with Crippen molar-refractivity contribution >= 4 is 37.9 Å². The Bertz CT molecular complexity index is 1520. The molecule has 36 heavy (non-hydrogen) atoms. The van der Waals surface area contributed by atoms with E-state index in [0.717, 1.165) is 23.6 Å². The summed E-state index contributed by atoms with van der Waals surface area (Å²) < 4.78 is 52.2. The number of nitrogens with zero attached hydrogens (tertiary/aromatic N) is 2.